The number of aliphatic hydroxyl groups excluding tert-OH is 1. The molecule has 0 bridgehead atoms. The number of hydrogen-bond acceptors (Lipinski definition) is 4. The van der Waals surface area contributed by atoms with E-state index in [-0.39, 0.29) is 13.2 Å². The smallest absolute Gasteiger partial charge is 0.330 e. The van der Waals surface area contributed by atoms with E-state index in [1.54, 1.807) is 18.2 Å². The van der Waals surface area contributed by atoms with E-state index >= 15 is 0 Å². The van der Waals surface area contributed by atoms with E-state index in [9.17, 15) is 0 Å². The number of ether oxygens (including phenoxy) is 1. The summed E-state index contributed by atoms with van der Waals surface area (Å²) in [4.78, 5) is 0. The summed E-state index contributed by atoms with van der Waals surface area (Å²) in [5, 5.41) is 13.4. The van der Waals surface area contributed by atoms with Crippen molar-refractivity contribution >= 4 is 33.5 Å². The second kappa shape index (κ2) is 7.70. The molecule has 17 heavy (non-hydrogen) atoms. The van der Waals surface area contributed by atoms with Gasteiger partial charge in [0.15, 0.2) is 0 Å². The Balaban J connectivity index is 0.000000437. The maximum atomic E-state index is 8.97. The van der Waals surface area contributed by atoms with Gasteiger partial charge in [0.1, 0.15) is 12.4 Å². The number of rotatable bonds is 3. The first-order valence-corrected chi connectivity index (χ1v) is 6.44. The Morgan fingerprint density at radius 1 is 1.35 bits per heavy atom. The standard InChI is InChI=1S/C8H8Cl2O2.H3NO3S/c9-6-1-2-8(7(10)5-6)12-4-3-11;1-5(2,3)4/h1-2,5,11H,3-4H2;(H3,1,2,3,4). The van der Waals surface area contributed by atoms with Crippen LogP contribution in [0, 0.1) is 0 Å². The third-order valence-corrected chi connectivity index (χ3v) is 1.77. The second-order valence-corrected chi connectivity index (χ2v) is 4.54. The molecule has 0 spiro atoms. The zero-order valence-electron chi connectivity index (χ0n) is 8.51. The fraction of sp³-hybridized carbons (Fsp3) is 0.250. The maximum absolute atomic E-state index is 8.97. The average Bonchev–Trinajstić information content (AvgIpc) is 2.14. The Bertz CT molecular complexity index is 443. The molecule has 4 N–H and O–H groups in total. The van der Waals surface area contributed by atoms with Crippen LogP contribution in [-0.4, -0.2) is 31.3 Å². The van der Waals surface area contributed by atoms with Crippen molar-refractivity contribution in [3.63, 3.8) is 0 Å². The molecule has 1 rings (SSSR count). The van der Waals surface area contributed by atoms with Crippen LogP contribution in [-0.2, 0) is 10.3 Å². The van der Waals surface area contributed by atoms with Crippen molar-refractivity contribution in [2.24, 2.45) is 5.14 Å². The lowest BCUT2D eigenvalue weighted by molar-refractivity contribution is 0.201. The number of hydrogen-bond donors (Lipinski definition) is 3. The average molecular weight is 304 g/mol. The first-order chi connectivity index (χ1) is 7.74. The third-order valence-electron chi connectivity index (χ3n) is 1.24. The van der Waals surface area contributed by atoms with E-state index in [2.05, 4.69) is 5.14 Å². The van der Waals surface area contributed by atoms with E-state index in [0.717, 1.165) is 0 Å². The molecule has 0 aliphatic rings. The van der Waals surface area contributed by atoms with Crippen LogP contribution >= 0.6 is 23.2 Å². The van der Waals surface area contributed by atoms with Crippen LogP contribution in [0.5, 0.6) is 5.75 Å². The summed E-state index contributed by atoms with van der Waals surface area (Å²) in [5.74, 6) is 0.537. The SMILES string of the molecule is NS(=O)(=O)O.OCCOc1ccc(Cl)cc1Cl. The molecule has 0 aliphatic carbocycles. The van der Waals surface area contributed by atoms with Crippen LogP contribution in [0.15, 0.2) is 18.2 Å². The van der Waals surface area contributed by atoms with Gasteiger partial charge in [0.05, 0.1) is 11.6 Å². The second-order valence-electron chi connectivity index (χ2n) is 2.66. The van der Waals surface area contributed by atoms with Gasteiger partial charge in [-0.1, -0.05) is 23.2 Å². The minimum atomic E-state index is -4.17. The molecular weight excluding hydrogens is 293 g/mol. The van der Waals surface area contributed by atoms with Crippen LogP contribution in [0.1, 0.15) is 0 Å². The quantitative estimate of drug-likeness (QED) is 0.725. The predicted octanol–water partition coefficient (Wildman–Crippen LogP) is 1.11. The fourth-order valence-corrected chi connectivity index (χ4v) is 1.21. The molecule has 0 heterocycles. The van der Waals surface area contributed by atoms with Crippen LogP contribution in [0.25, 0.3) is 0 Å². The van der Waals surface area contributed by atoms with Gasteiger partial charge in [-0.2, -0.15) is 8.42 Å². The zero-order chi connectivity index (χ0) is 13.5. The fourth-order valence-electron chi connectivity index (χ4n) is 0.748. The Labute approximate surface area is 109 Å². The maximum Gasteiger partial charge on any atom is 0.330 e. The summed E-state index contributed by atoms with van der Waals surface area (Å²) >= 11 is 11.4. The molecule has 0 saturated heterocycles. The number of halogens is 2. The van der Waals surface area contributed by atoms with Gasteiger partial charge >= 0.3 is 10.3 Å². The molecule has 0 fully saturated rings. The van der Waals surface area contributed by atoms with E-state index in [0.29, 0.717) is 15.8 Å². The lowest BCUT2D eigenvalue weighted by Gasteiger charge is -2.05. The van der Waals surface area contributed by atoms with Crippen molar-refractivity contribution in [2.45, 2.75) is 0 Å². The van der Waals surface area contributed by atoms with E-state index in [1.807, 2.05) is 0 Å². The highest BCUT2D eigenvalue weighted by Crippen LogP contribution is 2.27. The molecule has 0 saturated carbocycles. The van der Waals surface area contributed by atoms with Crippen molar-refractivity contribution in [3.05, 3.63) is 28.2 Å². The summed E-state index contributed by atoms with van der Waals surface area (Å²) in [5.41, 5.74) is 0. The first kappa shape index (κ1) is 16.4. The van der Waals surface area contributed by atoms with Gasteiger partial charge in [-0.25, -0.2) is 5.14 Å². The highest BCUT2D eigenvalue weighted by molar-refractivity contribution is 7.83. The van der Waals surface area contributed by atoms with Crippen molar-refractivity contribution in [1.29, 1.82) is 0 Å². The Morgan fingerprint density at radius 2 is 1.88 bits per heavy atom. The Kier molecular flexibility index (Phi) is 7.44. The molecule has 6 nitrogen and oxygen atoms in total. The molecular formula is C8H11Cl2NO5S. The third kappa shape index (κ3) is 10.3. The molecule has 0 radical (unpaired) electrons. The molecule has 1 aromatic rings. The van der Waals surface area contributed by atoms with Gasteiger partial charge in [-0.05, 0) is 18.2 Å². The summed E-state index contributed by atoms with van der Waals surface area (Å²) in [7, 11) is -4.17. The van der Waals surface area contributed by atoms with Crippen molar-refractivity contribution in [2.75, 3.05) is 13.2 Å². The number of benzene rings is 1. The van der Waals surface area contributed by atoms with Crippen LogP contribution in [0.4, 0.5) is 0 Å². The summed E-state index contributed by atoms with van der Waals surface area (Å²) in [6.07, 6.45) is 0. The van der Waals surface area contributed by atoms with Gasteiger partial charge in [-0.15, -0.1) is 0 Å². The summed E-state index contributed by atoms with van der Waals surface area (Å²) in [6, 6.07) is 4.94. The Hall–Kier alpha value is -0.570. The highest BCUT2D eigenvalue weighted by Gasteiger charge is 2.00. The van der Waals surface area contributed by atoms with E-state index in [4.69, 9.17) is 46.0 Å². The molecule has 0 unspecified atom stereocenters. The van der Waals surface area contributed by atoms with E-state index in [1.165, 1.54) is 0 Å². The topological polar surface area (TPSA) is 110 Å². The number of aliphatic hydroxyl groups is 1. The van der Waals surface area contributed by atoms with Gasteiger partial charge in [0.25, 0.3) is 0 Å². The van der Waals surface area contributed by atoms with Crippen LogP contribution in [0.2, 0.25) is 10.0 Å². The van der Waals surface area contributed by atoms with Gasteiger partial charge in [0.2, 0.25) is 0 Å². The summed E-state index contributed by atoms with van der Waals surface area (Å²) in [6.45, 7) is 0.209. The number of nitrogens with two attached hydrogens (primary N) is 1. The van der Waals surface area contributed by atoms with Crippen molar-refractivity contribution in [1.82, 2.24) is 0 Å². The molecule has 98 valence electrons. The molecule has 0 aliphatic heterocycles. The van der Waals surface area contributed by atoms with Crippen molar-refractivity contribution in [3.8, 4) is 5.75 Å². The minimum absolute atomic E-state index is 0.0288. The molecule has 0 amide bonds. The first-order valence-electron chi connectivity index (χ1n) is 4.18. The zero-order valence-corrected chi connectivity index (χ0v) is 10.8. The minimum Gasteiger partial charge on any atom is -0.490 e. The Morgan fingerprint density at radius 3 is 2.29 bits per heavy atom. The molecule has 0 aromatic heterocycles. The largest absolute Gasteiger partial charge is 0.490 e. The summed E-state index contributed by atoms with van der Waals surface area (Å²) < 4.78 is 30.3. The van der Waals surface area contributed by atoms with Crippen molar-refractivity contribution < 1.29 is 22.8 Å². The van der Waals surface area contributed by atoms with Crippen LogP contribution < -0.4 is 9.88 Å². The van der Waals surface area contributed by atoms with Gasteiger partial charge in [-0.3, -0.25) is 4.55 Å². The lowest BCUT2D eigenvalue weighted by Crippen LogP contribution is -2.08. The molecule has 9 heteroatoms. The monoisotopic (exact) mass is 303 g/mol. The molecule has 0 atom stereocenters. The predicted molar refractivity (Wildman–Crippen MR) is 64.8 cm³/mol. The highest BCUT2D eigenvalue weighted by atomic mass is 35.5. The van der Waals surface area contributed by atoms with E-state index < -0.39 is 10.3 Å². The van der Waals surface area contributed by atoms with Gasteiger partial charge in [0, 0.05) is 5.02 Å². The molecule has 1 aromatic carbocycles. The van der Waals surface area contributed by atoms with Gasteiger partial charge < -0.3 is 9.84 Å². The van der Waals surface area contributed by atoms with Crippen LogP contribution in [0.3, 0.4) is 0 Å². The lowest BCUT2D eigenvalue weighted by atomic mass is 10.3. The normalized spacial score (nSPS) is 10.4.